The number of piperazine rings is 1. The maximum Gasteiger partial charge on any atom is 0.264 e. The van der Waals surface area contributed by atoms with Gasteiger partial charge in [-0.15, -0.1) is 11.3 Å². The molecule has 2 aromatic heterocycles. The molecule has 8 heteroatoms. The van der Waals surface area contributed by atoms with Crippen molar-refractivity contribution in [2.45, 2.75) is 19.0 Å². The summed E-state index contributed by atoms with van der Waals surface area (Å²) < 4.78 is 1.04. The number of aromatic nitrogens is 2. The van der Waals surface area contributed by atoms with Crippen molar-refractivity contribution in [3.05, 3.63) is 100 Å². The first kappa shape index (κ1) is 23.9. The van der Waals surface area contributed by atoms with E-state index in [1.54, 1.807) is 0 Å². The standard InChI is InChI=1S/C29H26ClN5OS/c30-22-8-7-21-14-27(37-26(21)15-22)29(36)35-11-10-34(17-23(35)12-19-4-2-1-3-5-19)16-20-6-9-24-25(13-20)32-18-33-28(24)31/h1-9,13-15,18,23H,10-12,16-17H2,(H2,31,32,33)/t23-/m0/s1. The summed E-state index contributed by atoms with van der Waals surface area (Å²) in [6.45, 7) is 3.06. The summed E-state index contributed by atoms with van der Waals surface area (Å²) in [4.78, 5) is 27.5. The molecule has 0 spiro atoms. The van der Waals surface area contributed by atoms with Crippen molar-refractivity contribution in [2.24, 2.45) is 0 Å². The van der Waals surface area contributed by atoms with Gasteiger partial charge in [0.2, 0.25) is 0 Å². The third kappa shape index (κ3) is 5.03. The molecular weight excluding hydrogens is 502 g/mol. The highest BCUT2D eigenvalue weighted by Gasteiger charge is 2.32. The first-order chi connectivity index (χ1) is 18.0. The van der Waals surface area contributed by atoms with Gasteiger partial charge in [-0.25, -0.2) is 9.97 Å². The molecule has 1 atom stereocenters. The van der Waals surface area contributed by atoms with Crippen LogP contribution >= 0.6 is 22.9 Å². The maximum absolute atomic E-state index is 13.8. The number of carbonyl (C=O) groups is 1. The zero-order chi connectivity index (χ0) is 25.4. The van der Waals surface area contributed by atoms with E-state index in [2.05, 4.69) is 56.2 Å². The molecule has 6 rings (SSSR count). The lowest BCUT2D eigenvalue weighted by Gasteiger charge is -2.41. The van der Waals surface area contributed by atoms with E-state index in [1.165, 1.54) is 28.8 Å². The minimum absolute atomic E-state index is 0.0656. The Bertz CT molecular complexity index is 1590. The average Bonchev–Trinajstić information content (AvgIpc) is 3.32. The van der Waals surface area contributed by atoms with E-state index in [-0.39, 0.29) is 11.9 Å². The monoisotopic (exact) mass is 527 g/mol. The van der Waals surface area contributed by atoms with Crippen LogP contribution < -0.4 is 5.73 Å². The van der Waals surface area contributed by atoms with Gasteiger partial charge in [0.1, 0.15) is 12.1 Å². The van der Waals surface area contributed by atoms with Crippen LogP contribution in [0.4, 0.5) is 5.82 Å². The number of halogens is 1. The van der Waals surface area contributed by atoms with E-state index in [9.17, 15) is 4.79 Å². The number of anilines is 1. The highest BCUT2D eigenvalue weighted by Crippen LogP contribution is 2.30. The molecule has 0 unspecified atom stereocenters. The second kappa shape index (κ2) is 10.1. The number of carbonyl (C=O) groups excluding carboxylic acids is 1. The molecule has 0 saturated carbocycles. The number of rotatable bonds is 5. The molecule has 2 N–H and O–H groups in total. The van der Waals surface area contributed by atoms with Crippen molar-refractivity contribution in [2.75, 3.05) is 25.4 Å². The summed E-state index contributed by atoms with van der Waals surface area (Å²) in [6.07, 6.45) is 2.31. The fourth-order valence-electron chi connectivity index (χ4n) is 5.12. The lowest BCUT2D eigenvalue weighted by Crippen LogP contribution is -2.55. The summed E-state index contributed by atoms with van der Waals surface area (Å²) in [7, 11) is 0. The molecule has 1 aliphatic rings. The molecule has 5 aromatic rings. The lowest BCUT2D eigenvalue weighted by molar-refractivity contribution is 0.0443. The van der Waals surface area contributed by atoms with Gasteiger partial charge in [-0.2, -0.15) is 0 Å². The molecule has 0 bridgehead atoms. The van der Waals surface area contributed by atoms with Crippen molar-refractivity contribution in [3.8, 4) is 0 Å². The van der Waals surface area contributed by atoms with E-state index in [4.69, 9.17) is 17.3 Å². The number of thiophene rings is 1. The van der Waals surface area contributed by atoms with Gasteiger partial charge in [0.15, 0.2) is 0 Å². The Labute approximate surface area is 224 Å². The molecule has 1 saturated heterocycles. The Morgan fingerprint density at radius 1 is 1.00 bits per heavy atom. The first-order valence-electron chi connectivity index (χ1n) is 12.3. The molecule has 0 radical (unpaired) electrons. The van der Waals surface area contributed by atoms with Gasteiger partial charge in [-0.05, 0) is 53.3 Å². The van der Waals surface area contributed by atoms with Gasteiger partial charge in [-0.3, -0.25) is 9.69 Å². The zero-order valence-corrected chi connectivity index (χ0v) is 21.8. The molecule has 1 fully saturated rings. The summed E-state index contributed by atoms with van der Waals surface area (Å²) in [5.41, 5.74) is 9.25. The van der Waals surface area contributed by atoms with Gasteiger partial charge in [0, 0.05) is 47.3 Å². The number of amides is 1. The van der Waals surface area contributed by atoms with Crippen molar-refractivity contribution in [3.63, 3.8) is 0 Å². The number of nitrogens with zero attached hydrogens (tertiary/aromatic N) is 4. The zero-order valence-electron chi connectivity index (χ0n) is 20.2. The van der Waals surface area contributed by atoms with Crippen LogP contribution in [0.15, 0.2) is 79.1 Å². The second-order valence-corrected chi connectivity index (χ2v) is 11.0. The lowest BCUT2D eigenvalue weighted by atomic mass is 10.0. The Kier molecular flexibility index (Phi) is 6.50. The van der Waals surface area contributed by atoms with Crippen LogP contribution in [-0.2, 0) is 13.0 Å². The molecule has 6 nitrogen and oxygen atoms in total. The first-order valence-corrected chi connectivity index (χ1v) is 13.5. The van der Waals surface area contributed by atoms with Crippen molar-refractivity contribution < 1.29 is 4.79 Å². The van der Waals surface area contributed by atoms with Crippen LogP contribution in [0.5, 0.6) is 0 Å². The summed E-state index contributed by atoms with van der Waals surface area (Å²) >= 11 is 7.70. The number of hydrogen-bond acceptors (Lipinski definition) is 6. The van der Waals surface area contributed by atoms with Gasteiger partial charge in [-0.1, -0.05) is 54.1 Å². The van der Waals surface area contributed by atoms with E-state index in [1.807, 2.05) is 36.4 Å². The molecule has 1 amide bonds. The van der Waals surface area contributed by atoms with Crippen molar-refractivity contribution in [1.82, 2.24) is 19.8 Å². The molecule has 0 aliphatic carbocycles. The van der Waals surface area contributed by atoms with E-state index in [0.717, 1.165) is 51.9 Å². The average molecular weight is 528 g/mol. The molecular formula is C29H26ClN5OS. The predicted octanol–water partition coefficient (Wildman–Crippen LogP) is 5.65. The number of hydrogen-bond donors (Lipinski definition) is 1. The van der Waals surface area contributed by atoms with Crippen LogP contribution in [0.3, 0.4) is 0 Å². The Balaban J connectivity index is 1.25. The summed E-state index contributed by atoms with van der Waals surface area (Å²) in [6, 6.07) is 24.4. The van der Waals surface area contributed by atoms with Gasteiger partial charge >= 0.3 is 0 Å². The van der Waals surface area contributed by atoms with Crippen molar-refractivity contribution in [1.29, 1.82) is 0 Å². The number of nitrogens with two attached hydrogens (primary N) is 1. The number of nitrogen functional groups attached to an aromatic ring is 1. The topological polar surface area (TPSA) is 75.3 Å². The predicted molar refractivity (Wildman–Crippen MR) is 151 cm³/mol. The minimum Gasteiger partial charge on any atom is -0.383 e. The molecule has 1 aliphatic heterocycles. The van der Waals surface area contributed by atoms with E-state index in [0.29, 0.717) is 17.4 Å². The summed E-state index contributed by atoms with van der Waals surface area (Å²) in [5.74, 6) is 0.589. The van der Waals surface area contributed by atoms with Crippen LogP contribution in [0, 0.1) is 0 Å². The normalized spacial score (nSPS) is 16.5. The fraction of sp³-hybridized carbons (Fsp3) is 0.207. The molecule has 3 aromatic carbocycles. The van der Waals surface area contributed by atoms with Crippen LogP contribution in [0.25, 0.3) is 21.0 Å². The van der Waals surface area contributed by atoms with Crippen LogP contribution in [-0.4, -0.2) is 51.4 Å². The molecule has 37 heavy (non-hydrogen) atoms. The van der Waals surface area contributed by atoms with Crippen LogP contribution in [0.1, 0.15) is 20.8 Å². The third-order valence-electron chi connectivity index (χ3n) is 6.97. The third-order valence-corrected chi connectivity index (χ3v) is 8.29. The SMILES string of the molecule is Nc1ncnc2cc(CN3CCN(C(=O)c4cc5ccc(Cl)cc5s4)[C@@H](Cc4ccccc4)C3)ccc12. The Morgan fingerprint density at radius 2 is 1.86 bits per heavy atom. The van der Waals surface area contributed by atoms with E-state index >= 15 is 0 Å². The van der Waals surface area contributed by atoms with Crippen molar-refractivity contribution >= 4 is 55.7 Å². The Morgan fingerprint density at radius 3 is 2.73 bits per heavy atom. The smallest absolute Gasteiger partial charge is 0.264 e. The van der Waals surface area contributed by atoms with Gasteiger partial charge < -0.3 is 10.6 Å². The molecule has 186 valence electrons. The van der Waals surface area contributed by atoms with Gasteiger partial charge in [0.25, 0.3) is 5.91 Å². The largest absolute Gasteiger partial charge is 0.383 e. The van der Waals surface area contributed by atoms with Crippen LogP contribution in [0.2, 0.25) is 5.02 Å². The maximum atomic E-state index is 13.8. The highest BCUT2D eigenvalue weighted by molar-refractivity contribution is 7.20. The summed E-state index contributed by atoms with van der Waals surface area (Å²) in [5, 5.41) is 2.61. The minimum atomic E-state index is 0.0656. The van der Waals surface area contributed by atoms with E-state index < -0.39 is 0 Å². The number of benzene rings is 3. The Hall–Kier alpha value is -3.52. The highest BCUT2D eigenvalue weighted by atomic mass is 35.5. The fourth-order valence-corrected chi connectivity index (χ4v) is 6.42. The quantitative estimate of drug-likeness (QED) is 0.320. The van der Waals surface area contributed by atoms with Gasteiger partial charge in [0.05, 0.1) is 10.4 Å². The number of fused-ring (bicyclic) bond motifs is 2. The second-order valence-electron chi connectivity index (χ2n) is 9.48. The molecule has 3 heterocycles.